The number of rotatable bonds is 6. The number of carbonyl (C=O) groups is 1. The molecule has 0 aliphatic carbocycles. The van der Waals surface area contributed by atoms with Crippen LogP contribution in [0.15, 0.2) is 18.2 Å². The standard InChI is InChI=1S/C17H25FN2O3/c1-23-16-12-13(5-6-15(16)18)7-9-19-17(22)20-10-3-2-4-14(20)8-11-21/h5-6,12,14,21H,2-4,7-11H2,1H3,(H,19,22)/t14-/m0/s1. The van der Waals surface area contributed by atoms with Gasteiger partial charge in [-0.3, -0.25) is 0 Å². The highest BCUT2D eigenvalue weighted by atomic mass is 19.1. The first-order valence-electron chi connectivity index (χ1n) is 8.13. The number of amides is 2. The number of nitrogens with zero attached hydrogens (tertiary/aromatic N) is 1. The largest absolute Gasteiger partial charge is 0.494 e. The zero-order valence-electron chi connectivity index (χ0n) is 13.6. The summed E-state index contributed by atoms with van der Waals surface area (Å²) in [5.41, 5.74) is 0.911. The van der Waals surface area contributed by atoms with E-state index in [2.05, 4.69) is 5.32 Å². The van der Waals surface area contributed by atoms with Gasteiger partial charge in [0.05, 0.1) is 7.11 Å². The van der Waals surface area contributed by atoms with E-state index in [0.717, 1.165) is 31.4 Å². The lowest BCUT2D eigenvalue weighted by Crippen LogP contribution is -2.49. The van der Waals surface area contributed by atoms with E-state index in [9.17, 15) is 9.18 Å². The van der Waals surface area contributed by atoms with Gasteiger partial charge in [-0.25, -0.2) is 9.18 Å². The van der Waals surface area contributed by atoms with Crippen LogP contribution in [0.3, 0.4) is 0 Å². The molecule has 1 aliphatic rings. The third-order valence-corrected chi connectivity index (χ3v) is 4.26. The number of aliphatic hydroxyl groups excluding tert-OH is 1. The summed E-state index contributed by atoms with van der Waals surface area (Å²) in [5.74, 6) is -0.173. The quantitative estimate of drug-likeness (QED) is 0.844. The van der Waals surface area contributed by atoms with Crippen molar-refractivity contribution in [3.05, 3.63) is 29.6 Å². The van der Waals surface area contributed by atoms with Gasteiger partial charge in [-0.05, 0) is 49.8 Å². The number of methoxy groups -OCH3 is 1. The second-order valence-corrected chi connectivity index (χ2v) is 5.81. The van der Waals surface area contributed by atoms with E-state index in [1.165, 1.54) is 13.2 Å². The van der Waals surface area contributed by atoms with Gasteiger partial charge in [0, 0.05) is 25.7 Å². The number of aliphatic hydroxyl groups is 1. The summed E-state index contributed by atoms with van der Waals surface area (Å²) in [7, 11) is 1.43. The molecule has 0 spiro atoms. The summed E-state index contributed by atoms with van der Waals surface area (Å²) in [4.78, 5) is 14.1. The monoisotopic (exact) mass is 324 g/mol. The molecule has 0 saturated carbocycles. The van der Waals surface area contributed by atoms with Crippen molar-refractivity contribution in [1.29, 1.82) is 0 Å². The number of halogens is 1. The first-order chi connectivity index (χ1) is 11.2. The molecule has 1 saturated heterocycles. The lowest BCUT2D eigenvalue weighted by Gasteiger charge is -2.35. The minimum atomic E-state index is -0.388. The highest BCUT2D eigenvalue weighted by Crippen LogP contribution is 2.20. The van der Waals surface area contributed by atoms with Crippen molar-refractivity contribution in [2.24, 2.45) is 0 Å². The Morgan fingerprint density at radius 2 is 2.30 bits per heavy atom. The van der Waals surface area contributed by atoms with Gasteiger partial charge < -0.3 is 20.1 Å². The van der Waals surface area contributed by atoms with Crippen LogP contribution in [0.1, 0.15) is 31.2 Å². The number of carbonyl (C=O) groups excluding carboxylic acids is 1. The summed E-state index contributed by atoms with van der Waals surface area (Å²) in [6, 6.07) is 4.76. The molecular formula is C17H25FN2O3. The lowest BCUT2D eigenvalue weighted by atomic mass is 10.0. The van der Waals surface area contributed by atoms with Crippen LogP contribution in [0.2, 0.25) is 0 Å². The summed E-state index contributed by atoms with van der Waals surface area (Å²) < 4.78 is 18.3. The number of likely N-dealkylation sites (tertiary alicyclic amines) is 1. The number of hydrogen-bond donors (Lipinski definition) is 2. The SMILES string of the molecule is COc1cc(CCNC(=O)N2CCCC[C@H]2CCO)ccc1F. The van der Waals surface area contributed by atoms with Crippen LogP contribution in [-0.4, -0.2) is 48.9 Å². The molecule has 1 aliphatic heterocycles. The Bertz CT molecular complexity index is 523. The van der Waals surface area contributed by atoms with E-state index in [1.54, 1.807) is 12.1 Å². The first kappa shape index (κ1) is 17.5. The van der Waals surface area contributed by atoms with E-state index >= 15 is 0 Å². The maximum absolute atomic E-state index is 13.4. The fourth-order valence-corrected chi connectivity index (χ4v) is 2.99. The molecule has 1 atom stereocenters. The highest BCUT2D eigenvalue weighted by Gasteiger charge is 2.25. The molecule has 0 aromatic heterocycles. The van der Waals surface area contributed by atoms with E-state index in [0.29, 0.717) is 19.4 Å². The predicted octanol–water partition coefficient (Wildman–Crippen LogP) is 2.32. The molecule has 1 aromatic carbocycles. The molecule has 0 unspecified atom stereocenters. The van der Waals surface area contributed by atoms with Crippen molar-refractivity contribution in [3.63, 3.8) is 0 Å². The molecule has 2 amide bonds. The van der Waals surface area contributed by atoms with E-state index < -0.39 is 0 Å². The van der Waals surface area contributed by atoms with E-state index in [1.807, 2.05) is 4.90 Å². The smallest absolute Gasteiger partial charge is 0.317 e. The van der Waals surface area contributed by atoms with Crippen molar-refractivity contribution in [2.75, 3.05) is 26.8 Å². The molecule has 2 rings (SSSR count). The Kier molecular flexibility index (Phi) is 6.65. The number of nitrogens with one attached hydrogen (secondary N) is 1. The molecular weight excluding hydrogens is 299 g/mol. The van der Waals surface area contributed by atoms with Crippen LogP contribution in [-0.2, 0) is 6.42 Å². The molecule has 1 fully saturated rings. The maximum Gasteiger partial charge on any atom is 0.317 e. The van der Waals surface area contributed by atoms with Gasteiger partial charge in [-0.2, -0.15) is 0 Å². The van der Waals surface area contributed by atoms with Crippen LogP contribution in [0.4, 0.5) is 9.18 Å². The summed E-state index contributed by atoms with van der Waals surface area (Å²) in [6.45, 7) is 1.32. The molecule has 5 nitrogen and oxygen atoms in total. The van der Waals surface area contributed by atoms with Gasteiger partial charge in [0.15, 0.2) is 11.6 Å². The first-order valence-corrected chi connectivity index (χ1v) is 8.13. The molecule has 1 heterocycles. The van der Waals surface area contributed by atoms with Gasteiger partial charge >= 0.3 is 6.03 Å². The van der Waals surface area contributed by atoms with Gasteiger partial charge in [-0.1, -0.05) is 6.07 Å². The molecule has 1 aromatic rings. The fourth-order valence-electron chi connectivity index (χ4n) is 2.99. The van der Waals surface area contributed by atoms with Crippen LogP contribution >= 0.6 is 0 Å². The van der Waals surface area contributed by atoms with Crippen molar-refractivity contribution in [2.45, 2.75) is 38.1 Å². The second-order valence-electron chi connectivity index (χ2n) is 5.81. The third-order valence-electron chi connectivity index (χ3n) is 4.26. The topological polar surface area (TPSA) is 61.8 Å². The van der Waals surface area contributed by atoms with Crippen LogP contribution in [0.5, 0.6) is 5.75 Å². The maximum atomic E-state index is 13.4. The highest BCUT2D eigenvalue weighted by molar-refractivity contribution is 5.74. The second kappa shape index (κ2) is 8.72. The van der Waals surface area contributed by atoms with Crippen LogP contribution in [0, 0.1) is 5.82 Å². The number of ether oxygens (including phenoxy) is 1. The molecule has 6 heteroatoms. The zero-order valence-corrected chi connectivity index (χ0v) is 13.6. The number of benzene rings is 1. The number of piperidine rings is 1. The average Bonchev–Trinajstić information content (AvgIpc) is 2.57. The van der Waals surface area contributed by atoms with Gasteiger partial charge in [0.25, 0.3) is 0 Å². The molecule has 0 bridgehead atoms. The number of urea groups is 1. The van der Waals surface area contributed by atoms with Crippen molar-refractivity contribution in [3.8, 4) is 5.75 Å². The normalized spacial score (nSPS) is 17.9. The van der Waals surface area contributed by atoms with Crippen molar-refractivity contribution >= 4 is 6.03 Å². The van der Waals surface area contributed by atoms with Crippen LogP contribution in [0.25, 0.3) is 0 Å². The van der Waals surface area contributed by atoms with E-state index in [-0.39, 0.29) is 30.2 Å². The summed E-state index contributed by atoms with van der Waals surface area (Å²) in [5, 5.41) is 12.0. The minimum Gasteiger partial charge on any atom is -0.494 e. The minimum absolute atomic E-state index is 0.0859. The summed E-state index contributed by atoms with van der Waals surface area (Å²) in [6.07, 6.45) is 4.29. The molecule has 128 valence electrons. The average molecular weight is 324 g/mol. The Balaban J connectivity index is 1.84. The predicted molar refractivity (Wildman–Crippen MR) is 86.1 cm³/mol. The van der Waals surface area contributed by atoms with Crippen molar-refractivity contribution < 1.29 is 19.0 Å². The Morgan fingerprint density at radius 1 is 1.48 bits per heavy atom. The Morgan fingerprint density at radius 3 is 3.04 bits per heavy atom. The zero-order chi connectivity index (χ0) is 16.7. The van der Waals surface area contributed by atoms with E-state index in [4.69, 9.17) is 9.84 Å². The van der Waals surface area contributed by atoms with Gasteiger partial charge in [0.2, 0.25) is 0 Å². The van der Waals surface area contributed by atoms with Crippen LogP contribution < -0.4 is 10.1 Å². The Labute approximate surface area is 136 Å². The van der Waals surface area contributed by atoms with Crippen molar-refractivity contribution in [1.82, 2.24) is 10.2 Å². The third kappa shape index (κ3) is 4.82. The number of hydrogen-bond acceptors (Lipinski definition) is 3. The summed E-state index contributed by atoms with van der Waals surface area (Å²) >= 11 is 0. The molecule has 23 heavy (non-hydrogen) atoms. The van der Waals surface area contributed by atoms with Gasteiger partial charge in [0.1, 0.15) is 0 Å². The fraction of sp³-hybridized carbons (Fsp3) is 0.588. The Hall–Kier alpha value is -1.82. The molecule has 0 radical (unpaired) electrons. The molecule has 2 N–H and O–H groups in total. The lowest BCUT2D eigenvalue weighted by molar-refractivity contribution is 0.132. The van der Waals surface area contributed by atoms with Gasteiger partial charge in [-0.15, -0.1) is 0 Å².